The van der Waals surface area contributed by atoms with Crippen LogP contribution in [0.15, 0.2) is 30.3 Å². The number of aryl methyl sites for hydroxylation is 1. The molecule has 0 radical (unpaired) electrons. The first kappa shape index (κ1) is 12.6. The van der Waals surface area contributed by atoms with Gasteiger partial charge in [-0.15, -0.1) is 0 Å². The molecule has 0 spiro atoms. The molecule has 1 aliphatic rings. The predicted octanol–water partition coefficient (Wildman–Crippen LogP) is 2.30. The van der Waals surface area contributed by atoms with E-state index < -0.39 is 0 Å². The van der Waals surface area contributed by atoms with Gasteiger partial charge in [0, 0.05) is 12.6 Å². The molecule has 0 saturated carbocycles. The number of likely N-dealkylation sites (N-methyl/N-ethyl adjacent to an activating group) is 1. The van der Waals surface area contributed by atoms with Gasteiger partial charge in [0.25, 0.3) is 0 Å². The van der Waals surface area contributed by atoms with Crippen LogP contribution in [0.3, 0.4) is 0 Å². The second kappa shape index (κ2) is 6.77. The zero-order chi connectivity index (χ0) is 11.9. The average molecular weight is 232 g/mol. The maximum absolute atomic E-state index is 3.40. The van der Waals surface area contributed by atoms with E-state index in [0.717, 1.165) is 0 Å². The number of rotatable bonds is 5. The molecule has 1 unspecified atom stereocenters. The Morgan fingerprint density at radius 3 is 2.88 bits per heavy atom. The number of likely N-dealkylation sites (tertiary alicyclic amines) is 1. The Kier molecular flexibility index (Phi) is 5.02. The van der Waals surface area contributed by atoms with Crippen LogP contribution in [0.5, 0.6) is 0 Å². The standard InChI is InChI=1S/C15H24N2/c1-16-15-10-6-12-17(13-15)11-5-9-14-7-3-2-4-8-14/h2-4,7-8,15-16H,5-6,9-13H2,1H3. The van der Waals surface area contributed by atoms with Crippen molar-refractivity contribution in [2.24, 2.45) is 0 Å². The molecule has 1 aliphatic heterocycles. The van der Waals surface area contributed by atoms with Gasteiger partial charge in [-0.2, -0.15) is 0 Å². The third-order valence-corrected chi connectivity index (χ3v) is 3.70. The van der Waals surface area contributed by atoms with Crippen LogP contribution in [0, 0.1) is 0 Å². The van der Waals surface area contributed by atoms with Crippen molar-refractivity contribution < 1.29 is 0 Å². The maximum atomic E-state index is 3.40. The Hall–Kier alpha value is -0.860. The van der Waals surface area contributed by atoms with Crippen LogP contribution in [0.4, 0.5) is 0 Å². The lowest BCUT2D eigenvalue weighted by molar-refractivity contribution is 0.193. The number of piperidine rings is 1. The van der Waals surface area contributed by atoms with Crippen molar-refractivity contribution in [2.45, 2.75) is 31.7 Å². The number of benzene rings is 1. The molecule has 0 aromatic heterocycles. The third kappa shape index (κ3) is 4.14. The fourth-order valence-corrected chi connectivity index (χ4v) is 2.65. The first-order chi connectivity index (χ1) is 8.38. The molecular weight excluding hydrogens is 208 g/mol. The lowest BCUT2D eigenvalue weighted by Crippen LogP contribution is -2.44. The fourth-order valence-electron chi connectivity index (χ4n) is 2.65. The summed E-state index contributed by atoms with van der Waals surface area (Å²) < 4.78 is 0. The van der Waals surface area contributed by atoms with E-state index in [2.05, 4.69) is 47.6 Å². The van der Waals surface area contributed by atoms with E-state index in [1.54, 1.807) is 0 Å². The van der Waals surface area contributed by atoms with E-state index in [-0.39, 0.29) is 0 Å². The minimum atomic E-state index is 0.709. The molecule has 1 saturated heterocycles. The number of nitrogens with one attached hydrogen (secondary N) is 1. The van der Waals surface area contributed by atoms with Gasteiger partial charge in [0.1, 0.15) is 0 Å². The first-order valence-corrected chi connectivity index (χ1v) is 6.82. The highest BCUT2D eigenvalue weighted by Gasteiger charge is 2.17. The van der Waals surface area contributed by atoms with Crippen molar-refractivity contribution >= 4 is 0 Å². The molecule has 0 aliphatic carbocycles. The van der Waals surface area contributed by atoms with Crippen molar-refractivity contribution in [1.29, 1.82) is 0 Å². The molecule has 0 bridgehead atoms. The van der Waals surface area contributed by atoms with Crippen LogP contribution in [-0.2, 0) is 6.42 Å². The van der Waals surface area contributed by atoms with Crippen molar-refractivity contribution in [3.05, 3.63) is 35.9 Å². The molecule has 1 heterocycles. The largest absolute Gasteiger partial charge is 0.316 e. The molecular formula is C15H24N2. The predicted molar refractivity (Wildman–Crippen MR) is 73.3 cm³/mol. The fraction of sp³-hybridized carbons (Fsp3) is 0.600. The molecule has 1 N–H and O–H groups in total. The van der Waals surface area contributed by atoms with Gasteiger partial charge < -0.3 is 10.2 Å². The Labute approximate surface area is 105 Å². The van der Waals surface area contributed by atoms with E-state index >= 15 is 0 Å². The van der Waals surface area contributed by atoms with Crippen LogP contribution in [0.25, 0.3) is 0 Å². The van der Waals surface area contributed by atoms with E-state index in [9.17, 15) is 0 Å². The smallest absolute Gasteiger partial charge is 0.0192 e. The molecule has 1 fully saturated rings. The van der Waals surface area contributed by atoms with E-state index in [0.29, 0.717) is 6.04 Å². The average Bonchev–Trinajstić information content (AvgIpc) is 2.40. The summed E-state index contributed by atoms with van der Waals surface area (Å²) >= 11 is 0. The van der Waals surface area contributed by atoms with Crippen LogP contribution >= 0.6 is 0 Å². The highest BCUT2D eigenvalue weighted by Crippen LogP contribution is 2.11. The Morgan fingerprint density at radius 1 is 1.29 bits per heavy atom. The molecule has 2 heteroatoms. The van der Waals surface area contributed by atoms with Gasteiger partial charge in [0.15, 0.2) is 0 Å². The summed E-state index contributed by atoms with van der Waals surface area (Å²) in [7, 11) is 2.08. The van der Waals surface area contributed by atoms with Crippen LogP contribution < -0.4 is 5.32 Å². The summed E-state index contributed by atoms with van der Waals surface area (Å²) in [4.78, 5) is 2.60. The molecule has 1 aromatic carbocycles. The Morgan fingerprint density at radius 2 is 2.12 bits per heavy atom. The van der Waals surface area contributed by atoms with Crippen molar-refractivity contribution in [1.82, 2.24) is 10.2 Å². The van der Waals surface area contributed by atoms with Gasteiger partial charge in [-0.25, -0.2) is 0 Å². The third-order valence-electron chi connectivity index (χ3n) is 3.70. The number of nitrogens with zero attached hydrogens (tertiary/aromatic N) is 1. The second-order valence-corrected chi connectivity index (χ2v) is 5.02. The second-order valence-electron chi connectivity index (χ2n) is 5.02. The van der Waals surface area contributed by atoms with Crippen molar-refractivity contribution in [3.8, 4) is 0 Å². The Bertz CT molecular complexity index is 310. The lowest BCUT2D eigenvalue weighted by atomic mass is 10.0. The van der Waals surface area contributed by atoms with E-state index in [1.807, 2.05) is 0 Å². The Balaban J connectivity index is 1.68. The summed E-state index contributed by atoms with van der Waals surface area (Å²) in [6.45, 7) is 3.76. The van der Waals surface area contributed by atoms with E-state index in [4.69, 9.17) is 0 Å². The molecule has 94 valence electrons. The zero-order valence-corrected chi connectivity index (χ0v) is 10.9. The monoisotopic (exact) mass is 232 g/mol. The van der Waals surface area contributed by atoms with Crippen molar-refractivity contribution in [2.75, 3.05) is 26.7 Å². The van der Waals surface area contributed by atoms with Crippen molar-refractivity contribution in [3.63, 3.8) is 0 Å². The molecule has 17 heavy (non-hydrogen) atoms. The van der Waals surface area contributed by atoms with Gasteiger partial charge in [0.2, 0.25) is 0 Å². The zero-order valence-electron chi connectivity index (χ0n) is 10.9. The molecule has 1 aromatic rings. The molecule has 1 atom stereocenters. The number of hydrogen-bond acceptors (Lipinski definition) is 2. The lowest BCUT2D eigenvalue weighted by Gasteiger charge is -2.32. The highest BCUT2D eigenvalue weighted by molar-refractivity contribution is 5.14. The molecule has 2 rings (SSSR count). The van der Waals surface area contributed by atoms with E-state index in [1.165, 1.54) is 50.9 Å². The molecule has 2 nitrogen and oxygen atoms in total. The van der Waals surface area contributed by atoms with Crippen LogP contribution in [0.1, 0.15) is 24.8 Å². The number of hydrogen-bond donors (Lipinski definition) is 1. The minimum absolute atomic E-state index is 0.709. The highest BCUT2D eigenvalue weighted by atomic mass is 15.2. The molecule has 0 amide bonds. The SMILES string of the molecule is CNC1CCCN(CCCc2ccccc2)C1. The quantitative estimate of drug-likeness (QED) is 0.838. The van der Waals surface area contributed by atoms with Gasteiger partial charge in [-0.05, 0) is 51.4 Å². The van der Waals surface area contributed by atoms with Crippen LogP contribution in [-0.4, -0.2) is 37.6 Å². The van der Waals surface area contributed by atoms with Gasteiger partial charge >= 0.3 is 0 Å². The summed E-state index contributed by atoms with van der Waals surface area (Å²) in [6, 6.07) is 11.5. The normalized spacial score (nSPS) is 21.6. The van der Waals surface area contributed by atoms with Crippen LogP contribution in [0.2, 0.25) is 0 Å². The van der Waals surface area contributed by atoms with Gasteiger partial charge in [-0.3, -0.25) is 0 Å². The first-order valence-electron chi connectivity index (χ1n) is 6.82. The topological polar surface area (TPSA) is 15.3 Å². The van der Waals surface area contributed by atoms with Gasteiger partial charge in [0.05, 0.1) is 0 Å². The summed E-state index contributed by atoms with van der Waals surface area (Å²) in [6.07, 6.45) is 5.17. The summed E-state index contributed by atoms with van der Waals surface area (Å²) in [5, 5.41) is 3.40. The minimum Gasteiger partial charge on any atom is -0.316 e. The summed E-state index contributed by atoms with van der Waals surface area (Å²) in [5.74, 6) is 0. The maximum Gasteiger partial charge on any atom is 0.0192 e. The summed E-state index contributed by atoms with van der Waals surface area (Å²) in [5.41, 5.74) is 1.47. The van der Waals surface area contributed by atoms with Gasteiger partial charge in [-0.1, -0.05) is 30.3 Å².